The molecule has 3 amide bonds. The second-order valence-corrected chi connectivity index (χ2v) is 7.72. The Bertz CT molecular complexity index is 1130. The third-order valence-electron chi connectivity index (χ3n) is 4.82. The van der Waals surface area contributed by atoms with Gasteiger partial charge in [0.1, 0.15) is 17.1 Å². The highest BCUT2D eigenvalue weighted by atomic mass is 35.5. The SMILES string of the molecule is CCN1C(=O)C(=Cc2ccc(OCC(=O)Nc3ccccc3F)c(Cl)c2)C(=O)N(CC)C1=S. The van der Waals surface area contributed by atoms with Crippen LogP contribution in [0.1, 0.15) is 19.4 Å². The van der Waals surface area contributed by atoms with Crippen LogP contribution in [0, 0.1) is 5.82 Å². The quantitative estimate of drug-likeness (QED) is 0.363. The van der Waals surface area contributed by atoms with Gasteiger partial charge in [0, 0.05) is 13.1 Å². The standard InChI is InChI=1S/C23H21ClFN3O4S/c1-3-27-21(30)15(22(31)28(4-2)23(27)33)11-14-9-10-19(16(24)12-14)32-13-20(29)26-18-8-6-5-7-17(18)25/h5-12H,3-4,13H2,1-2H3,(H,26,29). The molecule has 1 saturated heterocycles. The molecule has 0 unspecified atom stereocenters. The van der Waals surface area contributed by atoms with Crippen molar-refractivity contribution in [2.45, 2.75) is 13.8 Å². The molecule has 0 atom stereocenters. The van der Waals surface area contributed by atoms with E-state index < -0.39 is 23.5 Å². The first-order chi connectivity index (χ1) is 15.8. The van der Waals surface area contributed by atoms with Crippen LogP contribution in [0.4, 0.5) is 10.1 Å². The molecule has 2 aromatic carbocycles. The van der Waals surface area contributed by atoms with Crippen molar-refractivity contribution < 1.29 is 23.5 Å². The van der Waals surface area contributed by atoms with Crippen LogP contribution in [0.2, 0.25) is 5.02 Å². The summed E-state index contributed by atoms with van der Waals surface area (Å²) in [5, 5.41) is 2.77. The first kappa shape index (κ1) is 24.3. The van der Waals surface area contributed by atoms with E-state index in [1.165, 1.54) is 46.2 Å². The van der Waals surface area contributed by atoms with Crippen LogP contribution in [0.5, 0.6) is 5.75 Å². The van der Waals surface area contributed by atoms with E-state index in [1.807, 2.05) is 0 Å². The molecular weight excluding hydrogens is 469 g/mol. The number of hydrogen-bond donors (Lipinski definition) is 1. The Balaban J connectivity index is 1.73. The van der Waals surface area contributed by atoms with Gasteiger partial charge in [0.15, 0.2) is 11.7 Å². The number of nitrogens with one attached hydrogen (secondary N) is 1. The Morgan fingerprint density at radius 1 is 1.12 bits per heavy atom. The number of thiocarbonyl (C=S) groups is 1. The third-order valence-corrected chi connectivity index (χ3v) is 5.56. The number of ether oxygens (including phenoxy) is 1. The largest absolute Gasteiger partial charge is 0.482 e. The molecule has 7 nitrogen and oxygen atoms in total. The van der Waals surface area contributed by atoms with Crippen molar-refractivity contribution in [1.82, 2.24) is 9.80 Å². The average molecular weight is 490 g/mol. The molecule has 0 radical (unpaired) electrons. The maximum absolute atomic E-state index is 13.6. The number of benzene rings is 2. The molecule has 1 aliphatic heterocycles. The van der Waals surface area contributed by atoms with Gasteiger partial charge in [-0.1, -0.05) is 29.8 Å². The summed E-state index contributed by atoms with van der Waals surface area (Å²) in [6.45, 7) is 3.83. The van der Waals surface area contributed by atoms with Gasteiger partial charge in [-0.2, -0.15) is 0 Å². The fourth-order valence-corrected chi connectivity index (χ4v) is 3.83. The summed E-state index contributed by atoms with van der Waals surface area (Å²) in [6, 6.07) is 10.4. The molecule has 0 spiro atoms. The van der Waals surface area contributed by atoms with Crippen LogP contribution in [-0.2, 0) is 14.4 Å². The van der Waals surface area contributed by atoms with Crippen molar-refractivity contribution in [2.24, 2.45) is 0 Å². The number of rotatable bonds is 7. The van der Waals surface area contributed by atoms with E-state index in [4.69, 9.17) is 28.6 Å². The first-order valence-electron chi connectivity index (χ1n) is 10.1. The van der Waals surface area contributed by atoms with Gasteiger partial charge >= 0.3 is 0 Å². The number of carbonyl (C=O) groups excluding carboxylic acids is 3. The van der Waals surface area contributed by atoms with E-state index in [-0.39, 0.29) is 33.8 Å². The second-order valence-electron chi connectivity index (χ2n) is 6.95. The predicted molar refractivity (Wildman–Crippen MR) is 127 cm³/mol. The highest BCUT2D eigenvalue weighted by molar-refractivity contribution is 7.80. The third kappa shape index (κ3) is 5.37. The molecule has 10 heteroatoms. The lowest BCUT2D eigenvalue weighted by Crippen LogP contribution is -2.55. The minimum absolute atomic E-state index is 0.0266. The predicted octanol–water partition coefficient (Wildman–Crippen LogP) is 3.88. The Morgan fingerprint density at radius 2 is 1.76 bits per heavy atom. The molecule has 1 aliphatic rings. The summed E-state index contributed by atoms with van der Waals surface area (Å²) < 4.78 is 19.1. The fraction of sp³-hybridized carbons (Fsp3) is 0.217. The number of para-hydroxylation sites is 1. The van der Waals surface area contributed by atoms with E-state index in [0.29, 0.717) is 18.7 Å². The zero-order chi connectivity index (χ0) is 24.1. The minimum atomic E-state index is -0.559. The Hall–Kier alpha value is -3.30. The second kappa shape index (κ2) is 10.5. The molecular formula is C23H21ClFN3O4S. The molecule has 1 heterocycles. The summed E-state index contributed by atoms with van der Waals surface area (Å²) in [7, 11) is 0. The van der Waals surface area contributed by atoms with E-state index in [9.17, 15) is 18.8 Å². The monoisotopic (exact) mass is 489 g/mol. The lowest BCUT2D eigenvalue weighted by Gasteiger charge is -2.35. The van der Waals surface area contributed by atoms with Gasteiger partial charge in [-0.05, 0) is 62.0 Å². The van der Waals surface area contributed by atoms with Crippen LogP contribution < -0.4 is 10.1 Å². The average Bonchev–Trinajstić information content (AvgIpc) is 2.78. The highest BCUT2D eigenvalue weighted by Crippen LogP contribution is 2.28. The van der Waals surface area contributed by atoms with E-state index in [1.54, 1.807) is 26.0 Å². The first-order valence-corrected chi connectivity index (χ1v) is 10.9. The fourth-order valence-electron chi connectivity index (χ4n) is 3.17. The van der Waals surface area contributed by atoms with Gasteiger partial charge < -0.3 is 10.1 Å². The molecule has 172 valence electrons. The van der Waals surface area contributed by atoms with Crippen molar-refractivity contribution >= 4 is 58.4 Å². The van der Waals surface area contributed by atoms with Crippen molar-refractivity contribution in [3.8, 4) is 5.75 Å². The normalized spacial score (nSPS) is 13.9. The molecule has 0 aliphatic carbocycles. The molecule has 0 aromatic heterocycles. The minimum Gasteiger partial charge on any atom is -0.482 e. The Kier molecular flexibility index (Phi) is 7.78. The summed E-state index contributed by atoms with van der Waals surface area (Å²) in [6.07, 6.45) is 1.44. The maximum atomic E-state index is 13.6. The van der Waals surface area contributed by atoms with Crippen molar-refractivity contribution in [2.75, 3.05) is 25.0 Å². The number of anilines is 1. The van der Waals surface area contributed by atoms with Crippen LogP contribution in [0.25, 0.3) is 6.08 Å². The number of amides is 3. The topological polar surface area (TPSA) is 79.0 Å². The smallest absolute Gasteiger partial charge is 0.265 e. The Labute approximate surface area is 200 Å². The number of carbonyl (C=O) groups is 3. The Morgan fingerprint density at radius 3 is 2.33 bits per heavy atom. The lowest BCUT2D eigenvalue weighted by atomic mass is 10.1. The van der Waals surface area contributed by atoms with Crippen LogP contribution >= 0.6 is 23.8 Å². The molecule has 3 rings (SSSR count). The van der Waals surface area contributed by atoms with Crippen LogP contribution in [0.3, 0.4) is 0 Å². The van der Waals surface area contributed by atoms with E-state index in [2.05, 4.69) is 5.32 Å². The molecule has 0 bridgehead atoms. The van der Waals surface area contributed by atoms with Gasteiger partial charge in [0.2, 0.25) is 0 Å². The molecule has 1 N–H and O–H groups in total. The summed E-state index contributed by atoms with van der Waals surface area (Å²) in [5.74, 6) is -1.85. The summed E-state index contributed by atoms with van der Waals surface area (Å²) >= 11 is 11.5. The van der Waals surface area contributed by atoms with Crippen molar-refractivity contribution in [1.29, 1.82) is 0 Å². The van der Waals surface area contributed by atoms with Crippen LogP contribution in [-0.4, -0.2) is 52.3 Å². The van der Waals surface area contributed by atoms with Gasteiger partial charge in [-0.15, -0.1) is 0 Å². The van der Waals surface area contributed by atoms with Gasteiger partial charge in [0.25, 0.3) is 17.7 Å². The summed E-state index contributed by atoms with van der Waals surface area (Å²) in [5.41, 5.74) is 0.517. The molecule has 2 aromatic rings. The molecule has 0 saturated carbocycles. The van der Waals surface area contributed by atoms with Gasteiger partial charge in [-0.25, -0.2) is 4.39 Å². The van der Waals surface area contributed by atoms with E-state index >= 15 is 0 Å². The lowest BCUT2D eigenvalue weighted by molar-refractivity contribution is -0.133. The zero-order valence-corrected chi connectivity index (χ0v) is 19.5. The maximum Gasteiger partial charge on any atom is 0.265 e. The van der Waals surface area contributed by atoms with E-state index in [0.717, 1.165) is 0 Å². The molecule has 1 fully saturated rings. The molecule has 33 heavy (non-hydrogen) atoms. The number of hydrogen-bond acceptors (Lipinski definition) is 5. The van der Waals surface area contributed by atoms with Gasteiger partial charge in [-0.3, -0.25) is 24.2 Å². The van der Waals surface area contributed by atoms with Gasteiger partial charge in [0.05, 0.1) is 10.7 Å². The number of halogens is 2. The number of nitrogens with zero attached hydrogens (tertiary/aromatic N) is 2. The van der Waals surface area contributed by atoms with Crippen molar-refractivity contribution in [3.63, 3.8) is 0 Å². The highest BCUT2D eigenvalue weighted by Gasteiger charge is 2.37. The zero-order valence-electron chi connectivity index (χ0n) is 17.9. The number of likely N-dealkylation sites (N-methyl/N-ethyl adjacent to an activating group) is 2. The van der Waals surface area contributed by atoms with Crippen molar-refractivity contribution in [3.05, 3.63) is 64.4 Å². The summed E-state index contributed by atoms with van der Waals surface area (Å²) in [4.78, 5) is 40.2. The van der Waals surface area contributed by atoms with Crippen LogP contribution in [0.15, 0.2) is 48.0 Å².